The highest BCUT2D eigenvalue weighted by Crippen LogP contribution is 2.34. The summed E-state index contributed by atoms with van der Waals surface area (Å²) in [4.78, 5) is 0. The third kappa shape index (κ3) is 5.14. The summed E-state index contributed by atoms with van der Waals surface area (Å²) < 4.78 is 20.8. The zero-order chi connectivity index (χ0) is 13.4. The van der Waals surface area contributed by atoms with Crippen LogP contribution < -0.4 is 19.5 Å². The first-order valence-electron chi connectivity index (χ1n) is 5.75. The van der Waals surface area contributed by atoms with Crippen molar-refractivity contribution in [3.63, 3.8) is 0 Å². The Morgan fingerprint density at radius 2 is 1.47 bits per heavy atom. The summed E-state index contributed by atoms with van der Waals surface area (Å²) in [5.41, 5.74) is 1.02. The SMILES string of the molecule is COCCNCc1cc(OC)c(OC)cc1OC.Cl. The number of ether oxygens (including phenoxy) is 4. The van der Waals surface area contributed by atoms with E-state index in [4.69, 9.17) is 18.9 Å². The van der Waals surface area contributed by atoms with Gasteiger partial charge in [0.1, 0.15) is 5.75 Å². The molecule has 0 aliphatic rings. The average Bonchev–Trinajstić information content (AvgIpc) is 2.42. The van der Waals surface area contributed by atoms with Gasteiger partial charge in [-0.3, -0.25) is 0 Å². The third-order valence-corrected chi connectivity index (χ3v) is 2.59. The van der Waals surface area contributed by atoms with Gasteiger partial charge in [0.25, 0.3) is 0 Å². The van der Waals surface area contributed by atoms with Gasteiger partial charge in [-0.15, -0.1) is 12.4 Å². The highest BCUT2D eigenvalue weighted by Gasteiger charge is 2.11. The maximum Gasteiger partial charge on any atom is 0.164 e. The number of hydrogen-bond acceptors (Lipinski definition) is 5. The van der Waals surface area contributed by atoms with Crippen LogP contribution in [-0.2, 0) is 11.3 Å². The van der Waals surface area contributed by atoms with Gasteiger partial charge in [0, 0.05) is 31.8 Å². The van der Waals surface area contributed by atoms with Gasteiger partial charge in [-0.2, -0.15) is 0 Å². The van der Waals surface area contributed by atoms with E-state index in [0.717, 1.165) is 17.9 Å². The van der Waals surface area contributed by atoms with E-state index in [1.54, 1.807) is 28.4 Å². The highest BCUT2D eigenvalue weighted by molar-refractivity contribution is 5.85. The molecule has 5 nitrogen and oxygen atoms in total. The second-order valence-electron chi connectivity index (χ2n) is 3.69. The lowest BCUT2D eigenvalue weighted by Crippen LogP contribution is -2.19. The van der Waals surface area contributed by atoms with Gasteiger partial charge in [-0.05, 0) is 6.07 Å². The van der Waals surface area contributed by atoms with Crippen molar-refractivity contribution in [2.75, 3.05) is 41.6 Å². The largest absolute Gasteiger partial charge is 0.496 e. The van der Waals surface area contributed by atoms with E-state index >= 15 is 0 Å². The molecule has 0 saturated heterocycles. The molecule has 0 heterocycles. The van der Waals surface area contributed by atoms with Crippen molar-refractivity contribution >= 4 is 12.4 Å². The zero-order valence-corrected chi connectivity index (χ0v) is 12.6. The van der Waals surface area contributed by atoms with Crippen LogP contribution in [0.4, 0.5) is 0 Å². The first kappa shape index (κ1) is 17.8. The molecule has 19 heavy (non-hydrogen) atoms. The minimum absolute atomic E-state index is 0. The fraction of sp³-hybridized carbons (Fsp3) is 0.538. The van der Waals surface area contributed by atoms with Crippen molar-refractivity contribution in [3.05, 3.63) is 17.7 Å². The molecule has 0 aliphatic carbocycles. The maximum absolute atomic E-state index is 5.34. The Hall–Kier alpha value is -1.17. The topological polar surface area (TPSA) is 49.0 Å². The van der Waals surface area contributed by atoms with E-state index in [1.807, 2.05) is 12.1 Å². The lowest BCUT2D eigenvalue weighted by Gasteiger charge is -2.14. The fourth-order valence-corrected chi connectivity index (χ4v) is 1.63. The molecule has 1 aromatic rings. The minimum atomic E-state index is 0. The van der Waals surface area contributed by atoms with Crippen molar-refractivity contribution in [2.24, 2.45) is 0 Å². The molecule has 1 N–H and O–H groups in total. The van der Waals surface area contributed by atoms with E-state index in [1.165, 1.54) is 0 Å². The molecular formula is C13H22ClNO4. The second-order valence-corrected chi connectivity index (χ2v) is 3.69. The molecule has 0 bridgehead atoms. The minimum Gasteiger partial charge on any atom is -0.496 e. The molecule has 0 amide bonds. The van der Waals surface area contributed by atoms with Crippen molar-refractivity contribution in [3.8, 4) is 17.2 Å². The molecule has 0 fully saturated rings. The number of methoxy groups -OCH3 is 4. The van der Waals surface area contributed by atoms with Crippen LogP contribution in [0.3, 0.4) is 0 Å². The summed E-state index contributed by atoms with van der Waals surface area (Å²) in [5.74, 6) is 2.13. The molecule has 0 spiro atoms. The van der Waals surface area contributed by atoms with E-state index in [0.29, 0.717) is 24.7 Å². The molecule has 0 atom stereocenters. The standard InChI is InChI=1S/C13H21NO4.ClH/c1-15-6-5-14-9-10-7-12(17-3)13(18-4)8-11(10)16-2;/h7-8,14H,5-6,9H2,1-4H3;1H. The van der Waals surface area contributed by atoms with Gasteiger partial charge < -0.3 is 24.3 Å². The van der Waals surface area contributed by atoms with Crippen molar-refractivity contribution in [2.45, 2.75) is 6.54 Å². The predicted molar refractivity (Wildman–Crippen MR) is 76.9 cm³/mol. The molecule has 110 valence electrons. The summed E-state index contributed by atoms with van der Waals surface area (Å²) in [6.45, 7) is 2.15. The molecule has 0 aromatic heterocycles. The van der Waals surface area contributed by atoms with Gasteiger partial charge in [-0.1, -0.05) is 0 Å². The molecular weight excluding hydrogens is 270 g/mol. The van der Waals surface area contributed by atoms with Crippen LogP contribution in [0.15, 0.2) is 12.1 Å². The number of rotatable bonds is 8. The Bertz CT molecular complexity index is 374. The van der Waals surface area contributed by atoms with Crippen molar-refractivity contribution in [1.29, 1.82) is 0 Å². The molecule has 1 rings (SSSR count). The summed E-state index contributed by atoms with van der Waals surface area (Å²) in [6.07, 6.45) is 0. The van der Waals surface area contributed by atoms with Crippen LogP contribution in [0.2, 0.25) is 0 Å². The van der Waals surface area contributed by atoms with Crippen molar-refractivity contribution in [1.82, 2.24) is 5.32 Å². The lowest BCUT2D eigenvalue weighted by atomic mass is 10.1. The Morgan fingerprint density at radius 3 is 2.00 bits per heavy atom. The van der Waals surface area contributed by atoms with Crippen LogP contribution in [0, 0.1) is 0 Å². The van der Waals surface area contributed by atoms with Gasteiger partial charge in [0.2, 0.25) is 0 Å². The average molecular weight is 292 g/mol. The Morgan fingerprint density at radius 1 is 0.895 bits per heavy atom. The van der Waals surface area contributed by atoms with Crippen LogP contribution in [-0.4, -0.2) is 41.6 Å². The van der Waals surface area contributed by atoms with Crippen LogP contribution in [0.5, 0.6) is 17.2 Å². The quantitative estimate of drug-likeness (QED) is 0.741. The summed E-state index contributed by atoms with van der Waals surface area (Å²) >= 11 is 0. The Labute approximate surface area is 120 Å². The van der Waals surface area contributed by atoms with Crippen molar-refractivity contribution < 1.29 is 18.9 Å². The van der Waals surface area contributed by atoms with Crippen LogP contribution in [0.25, 0.3) is 0 Å². The van der Waals surface area contributed by atoms with Gasteiger partial charge in [-0.25, -0.2) is 0 Å². The van der Waals surface area contributed by atoms with Gasteiger partial charge in [0.15, 0.2) is 11.5 Å². The number of benzene rings is 1. The molecule has 0 aliphatic heterocycles. The predicted octanol–water partition coefficient (Wildman–Crippen LogP) is 1.87. The zero-order valence-electron chi connectivity index (χ0n) is 11.8. The van der Waals surface area contributed by atoms with Crippen LogP contribution in [0.1, 0.15) is 5.56 Å². The van der Waals surface area contributed by atoms with E-state index in [2.05, 4.69) is 5.32 Å². The number of halogens is 1. The summed E-state index contributed by atoms with van der Waals surface area (Å²) in [6, 6.07) is 3.74. The molecule has 6 heteroatoms. The van der Waals surface area contributed by atoms with Gasteiger partial charge >= 0.3 is 0 Å². The smallest absolute Gasteiger partial charge is 0.164 e. The van der Waals surface area contributed by atoms with Crippen LogP contribution >= 0.6 is 12.4 Å². The summed E-state index contributed by atoms with van der Waals surface area (Å²) in [5, 5.41) is 3.26. The first-order valence-corrected chi connectivity index (χ1v) is 5.75. The third-order valence-electron chi connectivity index (χ3n) is 2.59. The molecule has 1 aromatic carbocycles. The summed E-state index contributed by atoms with van der Waals surface area (Å²) in [7, 11) is 6.54. The fourth-order valence-electron chi connectivity index (χ4n) is 1.63. The lowest BCUT2D eigenvalue weighted by molar-refractivity contribution is 0.199. The normalized spacial score (nSPS) is 9.68. The van der Waals surface area contributed by atoms with E-state index in [-0.39, 0.29) is 12.4 Å². The number of hydrogen-bond donors (Lipinski definition) is 1. The second kappa shape index (κ2) is 9.72. The first-order chi connectivity index (χ1) is 8.76. The highest BCUT2D eigenvalue weighted by atomic mass is 35.5. The van der Waals surface area contributed by atoms with Gasteiger partial charge in [0.05, 0.1) is 27.9 Å². The monoisotopic (exact) mass is 291 g/mol. The van der Waals surface area contributed by atoms with E-state index in [9.17, 15) is 0 Å². The Kier molecular flexibility index (Phi) is 9.12. The Balaban J connectivity index is 0.00000324. The van der Waals surface area contributed by atoms with E-state index < -0.39 is 0 Å². The molecule has 0 unspecified atom stereocenters. The molecule has 0 radical (unpaired) electrons. The maximum atomic E-state index is 5.34. The number of nitrogens with one attached hydrogen (secondary N) is 1. The molecule has 0 saturated carbocycles.